The largest absolute Gasteiger partial charge is 0.374 e. The van der Waals surface area contributed by atoms with Gasteiger partial charge in [0.1, 0.15) is 0 Å². The molecule has 2 heterocycles. The zero-order chi connectivity index (χ0) is 10.7. The molecule has 1 aliphatic heterocycles. The maximum absolute atomic E-state index is 11.6. The molecule has 0 bridgehead atoms. The third-order valence-corrected chi connectivity index (χ3v) is 4.25. The van der Waals surface area contributed by atoms with E-state index in [2.05, 4.69) is 15.5 Å². The summed E-state index contributed by atoms with van der Waals surface area (Å²) in [4.78, 5) is 11.6. The summed E-state index contributed by atoms with van der Waals surface area (Å²) >= 11 is 2.79. The molecule has 1 aromatic heterocycles. The minimum atomic E-state index is -0.0418. The van der Waals surface area contributed by atoms with Gasteiger partial charge in [0.05, 0.1) is 5.25 Å². The number of nitrogens with two attached hydrogens (primary N) is 1. The summed E-state index contributed by atoms with van der Waals surface area (Å²) < 4.78 is 0.773. The molecule has 1 amide bonds. The molecule has 1 fully saturated rings. The predicted molar refractivity (Wildman–Crippen MR) is 60.8 cm³/mol. The van der Waals surface area contributed by atoms with E-state index in [-0.39, 0.29) is 11.2 Å². The van der Waals surface area contributed by atoms with Crippen LogP contribution < -0.4 is 11.1 Å². The molecule has 0 aliphatic carbocycles. The zero-order valence-electron chi connectivity index (χ0n) is 8.10. The van der Waals surface area contributed by atoms with Crippen LogP contribution in [0.3, 0.4) is 0 Å². The first-order chi connectivity index (χ1) is 7.25. The molecule has 82 valence electrons. The third kappa shape index (κ3) is 2.82. The average Bonchev–Trinajstić information content (AvgIpc) is 2.50. The van der Waals surface area contributed by atoms with Crippen LogP contribution >= 0.6 is 23.1 Å². The summed E-state index contributed by atoms with van der Waals surface area (Å²) in [7, 11) is 0. The molecule has 0 saturated carbocycles. The highest BCUT2D eigenvalue weighted by atomic mass is 32.2. The van der Waals surface area contributed by atoms with Crippen molar-refractivity contribution in [3.8, 4) is 0 Å². The van der Waals surface area contributed by atoms with Gasteiger partial charge in [-0.1, -0.05) is 29.5 Å². The smallest absolute Gasteiger partial charge is 0.233 e. The second-order valence-corrected chi connectivity index (χ2v) is 5.76. The molecular weight excluding hydrogens is 232 g/mol. The number of rotatable bonds is 2. The lowest BCUT2D eigenvalue weighted by Gasteiger charge is -2.09. The van der Waals surface area contributed by atoms with Gasteiger partial charge in [0, 0.05) is 6.54 Å². The highest BCUT2D eigenvalue weighted by molar-refractivity contribution is 8.02. The van der Waals surface area contributed by atoms with Crippen molar-refractivity contribution in [2.24, 2.45) is 0 Å². The average molecular weight is 244 g/mol. The van der Waals surface area contributed by atoms with E-state index in [0.29, 0.717) is 5.13 Å². The van der Waals surface area contributed by atoms with Crippen molar-refractivity contribution < 1.29 is 4.79 Å². The van der Waals surface area contributed by atoms with E-state index in [0.717, 1.165) is 30.1 Å². The van der Waals surface area contributed by atoms with E-state index in [1.807, 2.05) is 0 Å². The van der Waals surface area contributed by atoms with Crippen molar-refractivity contribution in [1.29, 1.82) is 0 Å². The molecule has 2 rings (SSSR count). The minimum absolute atomic E-state index is 0.0418. The molecule has 1 aromatic rings. The van der Waals surface area contributed by atoms with Gasteiger partial charge in [-0.15, -0.1) is 10.2 Å². The fourth-order valence-electron chi connectivity index (χ4n) is 1.41. The van der Waals surface area contributed by atoms with Crippen LogP contribution in [-0.4, -0.2) is 27.9 Å². The van der Waals surface area contributed by atoms with Gasteiger partial charge in [-0.25, -0.2) is 0 Å². The van der Waals surface area contributed by atoms with Gasteiger partial charge >= 0.3 is 0 Å². The number of carbonyl (C=O) groups excluding carboxylic acids is 1. The second-order valence-electron chi connectivity index (χ2n) is 3.30. The first kappa shape index (κ1) is 10.7. The summed E-state index contributed by atoms with van der Waals surface area (Å²) in [5.41, 5.74) is 5.48. The van der Waals surface area contributed by atoms with Crippen LogP contribution in [0, 0.1) is 0 Å². The number of thioether (sulfide) groups is 1. The lowest BCUT2D eigenvalue weighted by atomic mass is 10.2. The highest BCUT2D eigenvalue weighted by Gasteiger charge is 2.23. The van der Waals surface area contributed by atoms with Crippen LogP contribution in [0.2, 0.25) is 0 Å². The van der Waals surface area contributed by atoms with Gasteiger partial charge in [0.25, 0.3) is 0 Å². The number of anilines is 1. The molecule has 1 saturated heterocycles. The van der Waals surface area contributed by atoms with Crippen molar-refractivity contribution in [2.75, 3.05) is 12.3 Å². The monoisotopic (exact) mass is 244 g/mol. The molecule has 3 N–H and O–H groups in total. The van der Waals surface area contributed by atoms with Gasteiger partial charge in [-0.3, -0.25) is 4.79 Å². The van der Waals surface area contributed by atoms with Gasteiger partial charge in [-0.2, -0.15) is 0 Å². The third-order valence-electron chi connectivity index (χ3n) is 2.15. The topological polar surface area (TPSA) is 80.9 Å². The predicted octanol–water partition coefficient (Wildman–Crippen LogP) is 0.881. The Morgan fingerprint density at radius 2 is 2.33 bits per heavy atom. The van der Waals surface area contributed by atoms with E-state index in [1.54, 1.807) is 0 Å². The van der Waals surface area contributed by atoms with Crippen LogP contribution in [0.4, 0.5) is 5.13 Å². The second kappa shape index (κ2) is 4.80. The maximum Gasteiger partial charge on any atom is 0.233 e. The molecule has 0 radical (unpaired) electrons. The summed E-state index contributed by atoms with van der Waals surface area (Å²) in [5.74, 6) is 0.103. The highest BCUT2D eigenvalue weighted by Crippen LogP contribution is 2.30. The Morgan fingerprint density at radius 3 is 3.07 bits per heavy atom. The number of aromatic nitrogens is 2. The zero-order valence-corrected chi connectivity index (χ0v) is 9.74. The number of nitrogens with one attached hydrogen (secondary N) is 1. The van der Waals surface area contributed by atoms with Crippen molar-refractivity contribution >= 4 is 34.1 Å². The van der Waals surface area contributed by atoms with E-state index in [4.69, 9.17) is 5.73 Å². The lowest BCUT2D eigenvalue weighted by molar-refractivity contribution is -0.120. The fourth-order valence-corrected chi connectivity index (χ4v) is 3.36. The van der Waals surface area contributed by atoms with Crippen molar-refractivity contribution in [2.45, 2.75) is 28.9 Å². The molecule has 15 heavy (non-hydrogen) atoms. The Labute approximate surface area is 95.8 Å². The van der Waals surface area contributed by atoms with Crippen LogP contribution in [0.1, 0.15) is 19.3 Å². The van der Waals surface area contributed by atoms with E-state index < -0.39 is 0 Å². The van der Waals surface area contributed by atoms with E-state index in [9.17, 15) is 4.79 Å². The number of nitrogens with zero attached hydrogens (tertiary/aromatic N) is 2. The first-order valence-electron chi connectivity index (χ1n) is 4.79. The molecule has 0 aromatic carbocycles. The molecule has 0 unspecified atom stereocenters. The molecule has 7 heteroatoms. The number of carbonyl (C=O) groups is 1. The SMILES string of the molecule is Nc1nnc(S[C@@H]2CCCCNC2=O)s1. The van der Waals surface area contributed by atoms with Crippen molar-refractivity contribution in [3.05, 3.63) is 0 Å². The summed E-state index contributed by atoms with van der Waals surface area (Å²) in [6.07, 6.45) is 3.03. The molecule has 0 spiro atoms. The van der Waals surface area contributed by atoms with Crippen LogP contribution in [0.25, 0.3) is 0 Å². The van der Waals surface area contributed by atoms with Crippen LogP contribution in [0.15, 0.2) is 4.34 Å². The van der Waals surface area contributed by atoms with Crippen LogP contribution in [0.5, 0.6) is 0 Å². The normalized spacial score (nSPS) is 22.1. The van der Waals surface area contributed by atoms with Gasteiger partial charge in [0.15, 0.2) is 4.34 Å². The quantitative estimate of drug-likeness (QED) is 0.807. The minimum Gasteiger partial charge on any atom is -0.374 e. The first-order valence-corrected chi connectivity index (χ1v) is 6.48. The number of nitrogen functional groups attached to an aromatic ring is 1. The standard InChI is InChI=1S/C8H12N4OS2/c9-7-11-12-8(15-7)14-5-3-1-2-4-10-6(5)13/h5H,1-4H2,(H2,9,11)(H,10,13)/t5-/m1/s1. The number of amides is 1. The fraction of sp³-hybridized carbons (Fsp3) is 0.625. The van der Waals surface area contributed by atoms with Crippen LogP contribution in [-0.2, 0) is 4.79 Å². The molecular formula is C8H12N4OS2. The summed E-state index contributed by atoms with van der Waals surface area (Å²) in [6.45, 7) is 0.786. The number of hydrogen-bond donors (Lipinski definition) is 2. The van der Waals surface area contributed by atoms with E-state index in [1.165, 1.54) is 23.1 Å². The Balaban J connectivity index is 2.00. The Kier molecular flexibility index (Phi) is 3.42. The molecule has 5 nitrogen and oxygen atoms in total. The van der Waals surface area contributed by atoms with Gasteiger partial charge < -0.3 is 11.1 Å². The Morgan fingerprint density at radius 1 is 1.47 bits per heavy atom. The Bertz CT molecular complexity index is 354. The molecule has 1 aliphatic rings. The number of hydrogen-bond acceptors (Lipinski definition) is 6. The molecule has 1 atom stereocenters. The van der Waals surface area contributed by atoms with Gasteiger partial charge in [-0.05, 0) is 12.8 Å². The van der Waals surface area contributed by atoms with Crippen molar-refractivity contribution in [1.82, 2.24) is 15.5 Å². The van der Waals surface area contributed by atoms with E-state index >= 15 is 0 Å². The Hall–Kier alpha value is -0.820. The summed E-state index contributed by atoms with van der Waals surface area (Å²) in [5, 5.41) is 10.9. The summed E-state index contributed by atoms with van der Waals surface area (Å²) in [6, 6.07) is 0. The lowest BCUT2D eigenvalue weighted by Crippen LogP contribution is -2.30. The van der Waals surface area contributed by atoms with Gasteiger partial charge in [0.2, 0.25) is 11.0 Å². The maximum atomic E-state index is 11.6. The van der Waals surface area contributed by atoms with Crippen molar-refractivity contribution in [3.63, 3.8) is 0 Å².